The van der Waals surface area contributed by atoms with Crippen molar-refractivity contribution >= 4 is 11.6 Å². The van der Waals surface area contributed by atoms with Crippen molar-refractivity contribution in [3.8, 4) is 11.5 Å². The van der Waals surface area contributed by atoms with Gasteiger partial charge in [0.15, 0.2) is 11.5 Å². The molecule has 0 aliphatic carbocycles. The number of amides is 1. The average molecular weight is 251 g/mol. The van der Waals surface area contributed by atoms with Gasteiger partial charge < -0.3 is 14.4 Å². The number of carbonyl (C=O) groups is 1. The minimum atomic E-state index is -0.415. The highest BCUT2D eigenvalue weighted by molar-refractivity contribution is 5.96. The predicted octanol–water partition coefficient (Wildman–Crippen LogP) is 2.71. The molecular formula is C14H21NO3. The van der Waals surface area contributed by atoms with E-state index in [2.05, 4.69) is 0 Å². The van der Waals surface area contributed by atoms with Crippen molar-refractivity contribution in [3.05, 3.63) is 18.2 Å². The molecule has 0 aliphatic heterocycles. The van der Waals surface area contributed by atoms with Crippen molar-refractivity contribution in [2.24, 2.45) is 5.41 Å². The molecule has 0 radical (unpaired) electrons. The fourth-order valence-electron chi connectivity index (χ4n) is 1.65. The number of methoxy groups -OCH3 is 2. The molecule has 100 valence electrons. The second-order valence-electron chi connectivity index (χ2n) is 5.15. The molecule has 0 spiro atoms. The summed E-state index contributed by atoms with van der Waals surface area (Å²) < 4.78 is 10.4. The van der Waals surface area contributed by atoms with E-state index in [4.69, 9.17) is 9.47 Å². The van der Waals surface area contributed by atoms with Gasteiger partial charge in [0.05, 0.1) is 14.2 Å². The van der Waals surface area contributed by atoms with E-state index in [1.54, 1.807) is 38.3 Å². The number of nitrogens with zero attached hydrogens (tertiary/aromatic N) is 1. The highest BCUT2D eigenvalue weighted by atomic mass is 16.5. The smallest absolute Gasteiger partial charge is 0.232 e. The zero-order valence-corrected chi connectivity index (χ0v) is 11.9. The van der Waals surface area contributed by atoms with Gasteiger partial charge in [-0.3, -0.25) is 4.79 Å². The standard InChI is InChI=1S/C14H21NO3/c1-14(2,3)13(16)15(4)10-7-8-11(17-5)12(9-10)18-6/h7-9H,1-6H3. The van der Waals surface area contributed by atoms with Crippen molar-refractivity contribution < 1.29 is 14.3 Å². The second-order valence-corrected chi connectivity index (χ2v) is 5.15. The largest absolute Gasteiger partial charge is 0.493 e. The highest BCUT2D eigenvalue weighted by Gasteiger charge is 2.26. The molecule has 0 unspecified atom stereocenters. The van der Waals surface area contributed by atoms with Crippen LogP contribution < -0.4 is 14.4 Å². The molecule has 0 heterocycles. The third-order valence-corrected chi connectivity index (χ3v) is 2.70. The first-order valence-electron chi connectivity index (χ1n) is 5.81. The third-order valence-electron chi connectivity index (χ3n) is 2.70. The van der Waals surface area contributed by atoms with Gasteiger partial charge >= 0.3 is 0 Å². The summed E-state index contributed by atoms with van der Waals surface area (Å²) in [5.74, 6) is 1.32. The summed E-state index contributed by atoms with van der Waals surface area (Å²) in [5.41, 5.74) is 0.370. The number of ether oxygens (including phenoxy) is 2. The summed E-state index contributed by atoms with van der Waals surface area (Å²) in [6.45, 7) is 5.69. The maximum Gasteiger partial charge on any atom is 0.232 e. The molecule has 0 N–H and O–H groups in total. The average Bonchev–Trinajstić information content (AvgIpc) is 2.34. The number of hydrogen-bond acceptors (Lipinski definition) is 3. The molecule has 0 aliphatic rings. The van der Waals surface area contributed by atoms with Crippen molar-refractivity contribution in [3.63, 3.8) is 0 Å². The number of benzene rings is 1. The van der Waals surface area contributed by atoms with Gasteiger partial charge in [-0.2, -0.15) is 0 Å². The van der Waals surface area contributed by atoms with Crippen molar-refractivity contribution in [1.82, 2.24) is 0 Å². The monoisotopic (exact) mass is 251 g/mol. The molecule has 1 rings (SSSR count). The summed E-state index contributed by atoms with van der Waals surface area (Å²) in [4.78, 5) is 13.8. The lowest BCUT2D eigenvalue weighted by molar-refractivity contribution is -0.125. The minimum absolute atomic E-state index is 0.0507. The SMILES string of the molecule is COc1ccc(N(C)C(=O)C(C)(C)C)cc1OC. The van der Waals surface area contributed by atoms with Crippen LogP contribution in [0.5, 0.6) is 11.5 Å². The zero-order chi connectivity index (χ0) is 13.9. The molecule has 4 nitrogen and oxygen atoms in total. The number of anilines is 1. The van der Waals surface area contributed by atoms with Crippen LogP contribution in [0.1, 0.15) is 20.8 Å². The Labute approximate surface area is 108 Å². The Morgan fingerprint density at radius 2 is 1.67 bits per heavy atom. The molecule has 0 aromatic heterocycles. The fraction of sp³-hybridized carbons (Fsp3) is 0.500. The van der Waals surface area contributed by atoms with Crippen LogP contribution in [0.3, 0.4) is 0 Å². The molecule has 0 saturated carbocycles. The fourth-order valence-corrected chi connectivity index (χ4v) is 1.65. The van der Waals surface area contributed by atoms with E-state index in [1.807, 2.05) is 26.8 Å². The Balaban J connectivity index is 3.07. The Hall–Kier alpha value is -1.71. The highest BCUT2D eigenvalue weighted by Crippen LogP contribution is 2.32. The van der Waals surface area contributed by atoms with Crippen molar-refractivity contribution in [2.75, 3.05) is 26.2 Å². The lowest BCUT2D eigenvalue weighted by Crippen LogP contribution is -2.36. The van der Waals surface area contributed by atoms with Gasteiger partial charge in [0.1, 0.15) is 0 Å². The molecule has 4 heteroatoms. The van der Waals surface area contributed by atoms with E-state index < -0.39 is 5.41 Å². The lowest BCUT2D eigenvalue weighted by Gasteiger charge is -2.26. The second kappa shape index (κ2) is 5.29. The Morgan fingerprint density at radius 3 is 2.11 bits per heavy atom. The van der Waals surface area contributed by atoms with E-state index in [1.165, 1.54) is 0 Å². The van der Waals surface area contributed by atoms with Gasteiger partial charge in [0.25, 0.3) is 0 Å². The first-order valence-corrected chi connectivity index (χ1v) is 5.81. The molecular weight excluding hydrogens is 230 g/mol. The van der Waals surface area contributed by atoms with E-state index >= 15 is 0 Å². The van der Waals surface area contributed by atoms with Crippen molar-refractivity contribution in [2.45, 2.75) is 20.8 Å². The van der Waals surface area contributed by atoms with Gasteiger partial charge in [0, 0.05) is 24.2 Å². The summed E-state index contributed by atoms with van der Waals surface area (Å²) in [6, 6.07) is 5.42. The maximum atomic E-state index is 12.2. The molecule has 0 fully saturated rings. The van der Waals surface area contributed by atoms with Crippen LogP contribution in [-0.2, 0) is 4.79 Å². The molecule has 0 bridgehead atoms. The first-order chi connectivity index (χ1) is 8.31. The van der Waals surface area contributed by atoms with Crippen LogP contribution in [0.4, 0.5) is 5.69 Å². The number of hydrogen-bond donors (Lipinski definition) is 0. The molecule has 0 saturated heterocycles. The van der Waals surface area contributed by atoms with Crippen LogP contribution in [0, 0.1) is 5.41 Å². The molecule has 0 atom stereocenters. The van der Waals surface area contributed by atoms with Gasteiger partial charge in [-0.1, -0.05) is 20.8 Å². The molecule has 1 aromatic rings. The van der Waals surface area contributed by atoms with Crippen LogP contribution in [0.25, 0.3) is 0 Å². The predicted molar refractivity (Wildman–Crippen MR) is 72.4 cm³/mol. The summed E-state index contributed by atoms with van der Waals surface area (Å²) in [6.07, 6.45) is 0. The number of carbonyl (C=O) groups excluding carboxylic acids is 1. The van der Waals surface area contributed by atoms with Gasteiger partial charge in [-0.25, -0.2) is 0 Å². The molecule has 1 amide bonds. The topological polar surface area (TPSA) is 38.8 Å². The maximum absolute atomic E-state index is 12.2. The van der Waals surface area contributed by atoms with Gasteiger partial charge in [-0.05, 0) is 12.1 Å². The van der Waals surface area contributed by atoms with E-state index in [-0.39, 0.29) is 5.91 Å². The van der Waals surface area contributed by atoms with Gasteiger partial charge in [-0.15, -0.1) is 0 Å². The minimum Gasteiger partial charge on any atom is -0.493 e. The Bertz CT molecular complexity index is 435. The lowest BCUT2D eigenvalue weighted by atomic mass is 9.94. The molecule has 1 aromatic carbocycles. The van der Waals surface area contributed by atoms with Crippen LogP contribution >= 0.6 is 0 Å². The summed E-state index contributed by atoms with van der Waals surface area (Å²) in [5, 5.41) is 0. The third kappa shape index (κ3) is 2.94. The Kier molecular flexibility index (Phi) is 4.22. The first kappa shape index (κ1) is 14.4. The number of rotatable bonds is 3. The van der Waals surface area contributed by atoms with E-state index in [0.29, 0.717) is 11.5 Å². The van der Waals surface area contributed by atoms with Crippen LogP contribution in [-0.4, -0.2) is 27.2 Å². The van der Waals surface area contributed by atoms with Crippen LogP contribution in [0.2, 0.25) is 0 Å². The van der Waals surface area contributed by atoms with Crippen LogP contribution in [0.15, 0.2) is 18.2 Å². The van der Waals surface area contributed by atoms with Gasteiger partial charge in [0.2, 0.25) is 5.91 Å². The van der Waals surface area contributed by atoms with E-state index in [0.717, 1.165) is 5.69 Å². The van der Waals surface area contributed by atoms with Crippen molar-refractivity contribution in [1.29, 1.82) is 0 Å². The summed E-state index contributed by atoms with van der Waals surface area (Å²) in [7, 11) is 4.92. The molecule has 18 heavy (non-hydrogen) atoms. The van der Waals surface area contributed by atoms with E-state index in [9.17, 15) is 4.79 Å². The quantitative estimate of drug-likeness (QED) is 0.829. The normalized spacial score (nSPS) is 11.0. The zero-order valence-electron chi connectivity index (χ0n) is 11.9. The Morgan fingerprint density at radius 1 is 1.11 bits per heavy atom. The summed E-state index contributed by atoms with van der Waals surface area (Å²) >= 11 is 0.